The van der Waals surface area contributed by atoms with Gasteiger partial charge >= 0.3 is 0 Å². The van der Waals surface area contributed by atoms with Crippen molar-refractivity contribution in [2.24, 2.45) is 0 Å². The highest BCUT2D eigenvalue weighted by atomic mass is 16.5. The van der Waals surface area contributed by atoms with Crippen LogP contribution < -0.4 is 19.7 Å². The van der Waals surface area contributed by atoms with Crippen LogP contribution in [0.25, 0.3) is 0 Å². The van der Waals surface area contributed by atoms with E-state index in [0.717, 1.165) is 29.4 Å². The first-order chi connectivity index (χ1) is 10.7. The van der Waals surface area contributed by atoms with Gasteiger partial charge in [0, 0.05) is 18.3 Å². The molecule has 1 amide bonds. The highest BCUT2D eigenvalue weighted by Gasteiger charge is 2.16. The minimum absolute atomic E-state index is 0.151. The standard InChI is InChI=1S/C17H18N2O3/c1-19-9-10-22-16-8-5-13(11-15(16)19)18-17(20)12-3-6-14(21-2)7-4-12/h3-8,11H,9-10H2,1-2H3,(H,18,20). The number of benzene rings is 2. The van der Waals surface area contributed by atoms with Crippen LogP contribution >= 0.6 is 0 Å². The summed E-state index contributed by atoms with van der Waals surface area (Å²) >= 11 is 0. The number of likely N-dealkylation sites (N-methyl/N-ethyl adjacent to an activating group) is 1. The van der Waals surface area contributed by atoms with Crippen molar-refractivity contribution in [1.29, 1.82) is 0 Å². The van der Waals surface area contributed by atoms with Crippen LogP contribution in [-0.4, -0.2) is 33.2 Å². The summed E-state index contributed by atoms with van der Waals surface area (Å²) in [5.74, 6) is 1.42. The first-order valence-electron chi connectivity index (χ1n) is 7.11. The highest BCUT2D eigenvalue weighted by molar-refractivity contribution is 6.04. The maximum atomic E-state index is 12.3. The van der Waals surface area contributed by atoms with Gasteiger partial charge in [0.15, 0.2) is 0 Å². The van der Waals surface area contributed by atoms with Gasteiger partial charge in [-0.1, -0.05) is 0 Å². The SMILES string of the molecule is COc1ccc(C(=O)Nc2ccc3c(c2)N(C)CCO3)cc1. The molecule has 0 radical (unpaired) electrons. The quantitative estimate of drug-likeness (QED) is 0.946. The molecule has 5 nitrogen and oxygen atoms in total. The minimum Gasteiger partial charge on any atom is -0.497 e. The summed E-state index contributed by atoms with van der Waals surface area (Å²) in [7, 11) is 3.61. The third-order valence-corrected chi connectivity index (χ3v) is 3.66. The zero-order valence-electron chi connectivity index (χ0n) is 12.6. The zero-order valence-corrected chi connectivity index (χ0v) is 12.6. The first kappa shape index (κ1) is 14.3. The molecule has 2 aromatic rings. The Labute approximate surface area is 129 Å². The van der Waals surface area contributed by atoms with Crippen molar-refractivity contribution >= 4 is 17.3 Å². The fourth-order valence-electron chi connectivity index (χ4n) is 2.37. The van der Waals surface area contributed by atoms with Crippen molar-refractivity contribution in [2.75, 3.05) is 37.5 Å². The Morgan fingerprint density at radius 2 is 2.00 bits per heavy atom. The number of nitrogens with zero attached hydrogens (tertiary/aromatic N) is 1. The lowest BCUT2D eigenvalue weighted by molar-refractivity contribution is 0.102. The van der Waals surface area contributed by atoms with E-state index in [1.807, 2.05) is 25.2 Å². The Balaban J connectivity index is 1.77. The molecule has 1 N–H and O–H groups in total. The Hall–Kier alpha value is -2.69. The van der Waals surface area contributed by atoms with Crippen LogP contribution in [0.5, 0.6) is 11.5 Å². The lowest BCUT2D eigenvalue weighted by Gasteiger charge is -2.28. The fraction of sp³-hybridized carbons (Fsp3) is 0.235. The van der Waals surface area contributed by atoms with Crippen LogP contribution in [0.3, 0.4) is 0 Å². The summed E-state index contributed by atoms with van der Waals surface area (Å²) in [6, 6.07) is 12.7. The van der Waals surface area contributed by atoms with E-state index >= 15 is 0 Å². The molecule has 1 aliphatic heterocycles. The molecule has 2 aromatic carbocycles. The molecular weight excluding hydrogens is 280 g/mol. The van der Waals surface area contributed by atoms with Crippen molar-refractivity contribution in [3.8, 4) is 11.5 Å². The van der Waals surface area contributed by atoms with E-state index in [1.54, 1.807) is 31.4 Å². The molecule has 5 heteroatoms. The number of nitrogens with one attached hydrogen (secondary N) is 1. The Morgan fingerprint density at radius 1 is 1.23 bits per heavy atom. The third-order valence-electron chi connectivity index (χ3n) is 3.66. The maximum Gasteiger partial charge on any atom is 0.255 e. The summed E-state index contributed by atoms with van der Waals surface area (Å²) in [6.07, 6.45) is 0. The average molecular weight is 298 g/mol. The van der Waals surface area contributed by atoms with Gasteiger partial charge in [0.25, 0.3) is 5.91 Å². The predicted octanol–water partition coefficient (Wildman–Crippen LogP) is 2.78. The smallest absolute Gasteiger partial charge is 0.255 e. The molecule has 1 heterocycles. The van der Waals surface area contributed by atoms with Crippen molar-refractivity contribution < 1.29 is 14.3 Å². The molecule has 114 valence electrons. The van der Waals surface area contributed by atoms with Gasteiger partial charge in [-0.2, -0.15) is 0 Å². The monoisotopic (exact) mass is 298 g/mol. The second-order valence-electron chi connectivity index (χ2n) is 5.14. The van der Waals surface area contributed by atoms with Gasteiger partial charge in [0.2, 0.25) is 0 Å². The molecule has 0 atom stereocenters. The topological polar surface area (TPSA) is 50.8 Å². The number of carbonyl (C=O) groups excluding carboxylic acids is 1. The van der Waals surface area contributed by atoms with Gasteiger partial charge in [-0.3, -0.25) is 4.79 Å². The lowest BCUT2D eigenvalue weighted by Crippen LogP contribution is -2.28. The molecule has 0 saturated carbocycles. The number of hydrogen-bond donors (Lipinski definition) is 1. The van der Waals surface area contributed by atoms with E-state index in [-0.39, 0.29) is 5.91 Å². The van der Waals surface area contributed by atoms with Gasteiger partial charge in [-0.15, -0.1) is 0 Å². The van der Waals surface area contributed by atoms with Crippen molar-refractivity contribution in [1.82, 2.24) is 0 Å². The molecule has 3 rings (SSSR count). The number of methoxy groups -OCH3 is 1. The summed E-state index contributed by atoms with van der Waals surface area (Å²) < 4.78 is 10.7. The summed E-state index contributed by atoms with van der Waals surface area (Å²) in [5, 5.41) is 2.90. The summed E-state index contributed by atoms with van der Waals surface area (Å²) in [5.41, 5.74) is 2.32. The van der Waals surface area contributed by atoms with Gasteiger partial charge in [0.1, 0.15) is 18.1 Å². The zero-order chi connectivity index (χ0) is 15.5. The first-order valence-corrected chi connectivity index (χ1v) is 7.11. The predicted molar refractivity (Wildman–Crippen MR) is 86.2 cm³/mol. The molecule has 0 fully saturated rings. The molecule has 0 aromatic heterocycles. The summed E-state index contributed by atoms with van der Waals surface area (Å²) in [6.45, 7) is 1.52. The normalized spacial score (nSPS) is 13.1. The van der Waals surface area contributed by atoms with Gasteiger partial charge in [0.05, 0.1) is 19.3 Å². The maximum absolute atomic E-state index is 12.3. The average Bonchev–Trinajstić information content (AvgIpc) is 2.55. The summed E-state index contributed by atoms with van der Waals surface area (Å²) in [4.78, 5) is 14.4. The van der Waals surface area contributed by atoms with Crippen LogP contribution in [-0.2, 0) is 0 Å². The van der Waals surface area contributed by atoms with E-state index in [9.17, 15) is 4.79 Å². The van der Waals surface area contributed by atoms with E-state index in [4.69, 9.17) is 9.47 Å². The highest BCUT2D eigenvalue weighted by Crippen LogP contribution is 2.33. The number of anilines is 2. The second-order valence-corrected chi connectivity index (χ2v) is 5.14. The second kappa shape index (κ2) is 5.97. The fourth-order valence-corrected chi connectivity index (χ4v) is 2.37. The third kappa shape index (κ3) is 2.83. The van der Waals surface area contributed by atoms with E-state index < -0.39 is 0 Å². The van der Waals surface area contributed by atoms with Crippen molar-refractivity contribution in [2.45, 2.75) is 0 Å². The minimum atomic E-state index is -0.151. The Morgan fingerprint density at radius 3 is 2.73 bits per heavy atom. The molecule has 0 saturated heterocycles. The number of rotatable bonds is 3. The van der Waals surface area contributed by atoms with Crippen LogP contribution in [0.4, 0.5) is 11.4 Å². The molecule has 0 spiro atoms. The van der Waals surface area contributed by atoms with Crippen LogP contribution in [0, 0.1) is 0 Å². The van der Waals surface area contributed by atoms with Gasteiger partial charge in [-0.25, -0.2) is 0 Å². The largest absolute Gasteiger partial charge is 0.497 e. The van der Waals surface area contributed by atoms with E-state index in [2.05, 4.69) is 10.2 Å². The molecule has 22 heavy (non-hydrogen) atoms. The van der Waals surface area contributed by atoms with Crippen molar-refractivity contribution in [3.63, 3.8) is 0 Å². The van der Waals surface area contributed by atoms with Gasteiger partial charge in [-0.05, 0) is 42.5 Å². The van der Waals surface area contributed by atoms with Crippen LogP contribution in [0.15, 0.2) is 42.5 Å². The molecule has 0 bridgehead atoms. The number of ether oxygens (including phenoxy) is 2. The van der Waals surface area contributed by atoms with Crippen LogP contribution in [0.1, 0.15) is 10.4 Å². The molecule has 0 unspecified atom stereocenters. The molecule has 0 aliphatic carbocycles. The van der Waals surface area contributed by atoms with Crippen molar-refractivity contribution in [3.05, 3.63) is 48.0 Å². The number of carbonyl (C=O) groups is 1. The molecule has 1 aliphatic rings. The lowest BCUT2D eigenvalue weighted by atomic mass is 10.2. The van der Waals surface area contributed by atoms with Crippen LogP contribution in [0.2, 0.25) is 0 Å². The Kier molecular flexibility index (Phi) is 3.87. The number of amides is 1. The van der Waals surface area contributed by atoms with E-state index in [0.29, 0.717) is 12.2 Å². The van der Waals surface area contributed by atoms with E-state index in [1.165, 1.54) is 0 Å². The van der Waals surface area contributed by atoms with Gasteiger partial charge < -0.3 is 19.7 Å². The molecular formula is C17H18N2O3. The number of fused-ring (bicyclic) bond motifs is 1. The number of hydrogen-bond acceptors (Lipinski definition) is 4. The Bertz CT molecular complexity index is 683.